The van der Waals surface area contributed by atoms with Crippen molar-refractivity contribution >= 4 is 38.6 Å². The van der Waals surface area contributed by atoms with Crippen molar-refractivity contribution < 1.29 is 0 Å². The zero-order valence-corrected chi connectivity index (χ0v) is 29.3. The van der Waals surface area contributed by atoms with E-state index in [1.807, 2.05) is 0 Å². The molecule has 2 nitrogen and oxygen atoms in total. The van der Waals surface area contributed by atoms with E-state index < -0.39 is 0 Å². The molecular weight excluding hydrogens is 605 g/mol. The van der Waals surface area contributed by atoms with Gasteiger partial charge >= 0.3 is 0 Å². The first-order chi connectivity index (χ1) is 24.7. The predicted molar refractivity (Wildman–Crippen MR) is 215 cm³/mol. The van der Waals surface area contributed by atoms with E-state index >= 15 is 0 Å². The number of benzene rings is 6. The summed E-state index contributed by atoms with van der Waals surface area (Å²) >= 11 is 0. The van der Waals surface area contributed by atoms with E-state index in [1.165, 1.54) is 69.7 Å². The van der Waals surface area contributed by atoms with Gasteiger partial charge in [0.1, 0.15) is 0 Å². The van der Waals surface area contributed by atoms with Crippen LogP contribution in [-0.4, -0.2) is 4.57 Å². The number of para-hydroxylation sites is 1. The minimum atomic E-state index is 0.662. The molecule has 7 aromatic rings. The summed E-state index contributed by atoms with van der Waals surface area (Å²) in [6.45, 7) is 5.68. The molecule has 7 rings (SSSR count). The zero-order chi connectivity index (χ0) is 34.1. The van der Waals surface area contributed by atoms with Crippen molar-refractivity contribution in [1.29, 1.82) is 0 Å². The summed E-state index contributed by atoms with van der Waals surface area (Å²) in [5, 5.41) is 2.59. The fraction of sp³-hybridized carbons (Fsp3) is 0.167. The lowest BCUT2D eigenvalue weighted by molar-refractivity contribution is 0.401. The van der Waals surface area contributed by atoms with Crippen LogP contribution < -0.4 is 4.90 Å². The largest absolute Gasteiger partial charge is 0.340 e. The average Bonchev–Trinajstić information content (AvgIpc) is 3.50. The molecule has 1 atom stereocenters. The molecule has 248 valence electrons. The van der Waals surface area contributed by atoms with Crippen LogP contribution in [0.25, 0.3) is 33.0 Å². The summed E-state index contributed by atoms with van der Waals surface area (Å²) in [6, 6.07) is 58.9. The molecule has 0 saturated carbocycles. The first-order valence-corrected chi connectivity index (χ1v) is 18.2. The van der Waals surface area contributed by atoms with Gasteiger partial charge in [0.25, 0.3) is 0 Å². The minimum Gasteiger partial charge on any atom is -0.340 e. The van der Waals surface area contributed by atoms with Crippen LogP contribution in [0.4, 0.5) is 5.69 Å². The first kappa shape index (κ1) is 32.9. The molecule has 1 unspecified atom stereocenters. The van der Waals surface area contributed by atoms with Crippen LogP contribution in [0.15, 0.2) is 176 Å². The second-order valence-corrected chi connectivity index (χ2v) is 13.2. The van der Waals surface area contributed by atoms with Crippen LogP contribution >= 0.6 is 0 Å². The Bertz CT molecular complexity index is 2020. The van der Waals surface area contributed by atoms with Crippen molar-refractivity contribution in [2.75, 3.05) is 4.90 Å². The number of nitrogens with zero attached hydrogens (tertiary/aromatic N) is 2. The molecule has 0 fully saturated rings. The summed E-state index contributed by atoms with van der Waals surface area (Å²) < 4.78 is 2.58. The van der Waals surface area contributed by atoms with E-state index in [0.29, 0.717) is 5.92 Å². The van der Waals surface area contributed by atoms with E-state index in [4.69, 9.17) is 0 Å². The molecule has 0 aliphatic heterocycles. The van der Waals surface area contributed by atoms with Gasteiger partial charge in [-0.05, 0) is 58.9 Å². The van der Waals surface area contributed by atoms with Crippen LogP contribution in [0.1, 0.15) is 61.8 Å². The van der Waals surface area contributed by atoms with E-state index in [-0.39, 0.29) is 0 Å². The number of anilines is 1. The van der Waals surface area contributed by atoms with Gasteiger partial charge in [0.05, 0.1) is 0 Å². The molecule has 1 heterocycles. The third kappa shape index (κ3) is 7.21. The summed E-state index contributed by atoms with van der Waals surface area (Å²) in [6.07, 6.45) is 9.62. The van der Waals surface area contributed by atoms with Crippen LogP contribution in [0.2, 0.25) is 0 Å². The molecule has 0 N–H and O–H groups in total. The fourth-order valence-corrected chi connectivity index (χ4v) is 7.14. The standard InChI is InChI=1S/C48H46N2/c1-3-5-20-37(4-2)34-50-47-30-19-18-29-43(47)44-33-42(31-32-48(44)50)49(35-45(38-21-10-6-11-22-38)39-23-12-7-13-24-39)36-46(40-25-14-8-15-26-40)41-27-16-9-17-28-41/h6-19,21-33,35-37H,3-5,20,34H2,1-2H3. The lowest BCUT2D eigenvalue weighted by atomic mass is 9.97. The lowest BCUT2D eigenvalue weighted by Crippen LogP contribution is -2.11. The topological polar surface area (TPSA) is 8.17 Å². The normalized spacial score (nSPS) is 11.7. The molecule has 0 bridgehead atoms. The monoisotopic (exact) mass is 650 g/mol. The van der Waals surface area contributed by atoms with Crippen LogP contribution in [0, 0.1) is 5.92 Å². The smallest absolute Gasteiger partial charge is 0.0492 e. The Kier molecular flexibility index (Phi) is 10.4. The second-order valence-electron chi connectivity index (χ2n) is 13.2. The van der Waals surface area contributed by atoms with Crippen molar-refractivity contribution in [2.24, 2.45) is 5.92 Å². The lowest BCUT2D eigenvalue weighted by Gasteiger charge is -2.22. The van der Waals surface area contributed by atoms with Gasteiger partial charge in [-0.2, -0.15) is 0 Å². The summed E-state index contributed by atoms with van der Waals surface area (Å²) in [7, 11) is 0. The fourth-order valence-electron chi connectivity index (χ4n) is 7.14. The summed E-state index contributed by atoms with van der Waals surface area (Å²) in [5.41, 5.74) is 10.8. The average molecular weight is 651 g/mol. The highest BCUT2D eigenvalue weighted by Crippen LogP contribution is 2.36. The SMILES string of the molecule is CCCCC(CC)Cn1c2ccccc2c2cc(N(C=C(c3ccccc3)c3ccccc3)C=C(c3ccccc3)c3ccccc3)ccc21. The van der Waals surface area contributed by atoms with E-state index in [1.54, 1.807) is 0 Å². The number of fused-ring (bicyclic) bond motifs is 3. The first-order valence-electron chi connectivity index (χ1n) is 18.2. The molecule has 0 radical (unpaired) electrons. The molecule has 0 spiro atoms. The van der Waals surface area contributed by atoms with Crippen molar-refractivity contribution in [3.05, 3.63) is 198 Å². The number of unbranched alkanes of at least 4 members (excludes halogenated alkanes) is 1. The van der Waals surface area contributed by atoms with Gasteiger partial charge in [-0.15, -0.1) is 0 Å². The second kappa shape index (κ2) is 15.7. The van der Waals surface area contributed by atoms with Gasteiger partial charge in [0.2, 0.25) is 0 Å². The third-order valence-electron chi connectivity index (χ3n) is 9.91. The van der Waals surface area contributed by atoms with E-state index in [2.05, 4.69) is 200 Å². The third-order valence-corrected chi connectivity index (χ3v) is 9.91. The molecule has 0 amide bonds. The van der Waals surface area contributed by atoms with Gasteiger partial charge < -0.3 is 9.47 Å². The Morgan fingerprint density at radius 1 is 0.540 bits per heavy atom. The highest BCUT2D eigenvalue weighted by atomic mass is 15.1. The molecular formula is C48H46N2. The van der Waals surface area contributed by atoms with Crippen LogP contribution in [-0.2, 0) is 6.54 Å². The molecule has 0 aliphatic rings. The maximum absolute atomic E-state index is 2.58. The van der Waals surface area contributed by atoms with Gasteiger partial charge in [-0.3, -0.25) is 0 Å². The number of hydrogen-bond acceptors (Lipinski definition) is 1. The highest BCUT2D eigenvalue weighted by Gasteiger charge is 2.17. The van der Waals surface area contributed by atoms with Crippen molar-refractivity contribution in [1.82, 2.24) is 4.57 Å². The Balaban J connectivity index is 1.46. The van der Waals surface area contributed by atoms with Crippen molar-refractivity contribution in [3.8, 4) is 0 Å². The number of rotatable bonds is 13. The summed E-state index contributed by atoms with van der Waals surface area (Å²) in [4.78, 5) is 2.34. The van der Waals surface area contributed by atoms with E-state index in [9.17, 15) is 0 Å². The van der Waals surface area contributed by atoms with Gasteiger partial charge in [0, 0.05) is 57.6 Å². The molecule has 0 saturated heterocycles. The summed E-state index contributed by atoms with van der Waals surface area (Å²) in [5.74, 6) is 0.662. The zero-order valence-electron chi connectivity index (χ0n) is 29.3. The van der Waals surface area contributed by atoms with Crippen LogP contribution in [0.3, 0.4) is 0 Å². The Morgan fingerprint density at radius 3 is 1.48 bits per heavy atom. The highest BCUT2D eigenvalue weighted by molar-refractivity contribution is 6.09. The molecule has 2 heteroatoms. The Morgan fingerprint density at radius 2 is 1.00 bits per heavy atom. The van der Waals surface area contributed by atoms with Crippen LogP contribution in [0.5, 0.6) is 0 Å². The maximum Gasteiger partial charge on any atom is 0.0492 e. The Hall–Kier alpha value is -5.60. The number of hydrogen-bond donors (Lipinski definition) is 0. The molecule has 50 heavy (non-hydrogen) atoms. The molecule has 0 aliphatic carbocycles. The van der Waals surface area contributed by atoms with Crippen molar-refractivity contribution in [2.45, 2.75) is 46.1 Å². The quantitative estimate of drug-likeness (QED) is 0.121. The van der Waals surface area contributed by atoms with Gasteiger partial charge in [-0.25, -0.2) is 0 Å². The molecule has 6 aromatic carbocycles. The van der Waals surface area contributed by atoms with Gasteiger partial charge in [0.15, 0.2) is 0 Å². The predicted octanol–water partition coefficient (Wildman–Crippen LogP) is 13.0. The van der Waals surface area contributed by atoms with Gasteiger partial charge in [-0.1, -0.05) is 173 Å². The van der Waals surface area contributed by atoms with E-state index in [0.717, 1.165) is 23.4 Å². The number of aromatic nitrogens is 1. The molecule has 1 aromatic heterocycles. The maximum atomic E-state index is 2.58. The Labute approximate surface area is 297 Å². The minimum absolute atomic E-state index is 0.662. The van der Waals surface area contributed by atoms with Crippen molar-refractivity contribution in [3.63, 3.8) is 0 Å².